The summed E-state index contributed by atoms with van der Waals surface area (Å²) in [5.41, 5.74) is 0. The molecule has 0 amide bonds. The summed E-state index contributed by atoms with van der Waals surface area (Å²) in [6.07, 6.45) is 43.7. The number of ether oxygens (including phenoxy) is 3. The van der Waals surface area contributed by atoms with Crippen molar-refractivity contribution in [2.45, 2.75) is 212 Å². The van der Waals surface area contributed by atoms with Crippen molar-refractivity contribution in [2.24, 2.45) is 5.92 Å². The molecular weight excluding hydrogens is 624 g/mol. The molecule has 0 saturated carbocycles. The number of hydrogen-bond acceptors (Lipinski definition) is 6. The van der Waals surface area contributed by atoms with Gasteiger partial charge in [-0.3, -0.25) is 9.59 Å². The summed E-state index contributed by atoms with van der Waals surface area (Å²) in [7, 11) is 0. The van der Waals surface area contributed by atoms with E-state index < -0.39 is 6.10 Å². The van der Waals surface area contributed by atoms with E-state index in [4.69, 9.17) is 14.2 Å². The Morgan fingerprint density at radius 3 is 1.62 bits per heavy atom. The third kappa shape index (κ3) is 30.9. The van der Waals surface area contributed by atoms with E-state index in [-0.39, 0.29) is 25.2 Å². The van der Waals surface area contributed by atoms with Crippen LogP contribution in [0.15, 0.2) is 36.5 Å². The van der Waals surface area contributed by atoms with E-state index in [0.29, 0.717) is 31.5 Å². The zero-order valence-corrected chi connectivity index (χ0v) is 32.8. The lowest BCUT2D eigenvalue weighted by molar-refractivity contribution is -0.152. The van der Waals surface area contributed by atoms with Crippen molar-refractivity contribution in [1.82, 2.24) is 0 Å². The molecule has 6 heteroatoms. The van der Waals surface area contributed by atoms with Gasteiger partial charge in [0, 0.05) is 12.8 Å². The summed E-state index contributed by atoms with van der Waals surface area (Å²) in [6.45, 7) is 6.61. The summed E-state index contributed by atoms with van der Waals surface area (Å²) in [6, 6.07) is 0. The van der Waals surface area contributed by atoms with E-state index in [1.54, 1.807) is 0 Å². The molecule has 0 aromatic heterocycles. The van der Waals surface area contributed by atoms with Crippen LogP contribution >= 0.6 is 0 Å². The summed E-state index contributed by atoms with van der Waals surface area (Å²) < 4.78 is 16.1. The van der Waals surface area contributed by atoms with Crippen LogP contribution in [0.4, 0.5) is 0 Å². The maximum atomic E-state index is 12.0. The van der Waals surface area contributed by atoms with Gasteiger partial charge >= 0.3 is 11.9 Å². The fraction of sp³-hybridized carbons (Fsp3) is 0.818. The Balaban J connectivity index is 1.85. The number of aliphatic hydroxyl groups is 1. The highest BCUT2D eigenvalue weighted by molar-refractivity contribution is 5.69. The van der Waals surface area contributed by atoms with Gasteiger partial charge in [-0.2, -0.15) is 0 Å². The first kappa shape index (κ1) is 46.1. The number of carbonyl (C=O) groups is 2. The number of hydrogen-bond donors (Lipinski definition) is 1. The van der Waals surface area contributed by atoms with Crippen LogP contribution in [0.5, 0.6) is 0 Å². The second kappa shape index (κ2) is 34.2. The van der Waals surface area contributed by atoms with Gasteiger partial charge in [0.05, 0.1) is 12.2 Å². The van der Waals surface area contributed by atoms with Crippen LogP contribution in [0.1, 0.15) is 194 Å². The lowest BCUT2D eigenvalue weighted by Gasteiger charge is -2.12. The Hall–Kier alpha value is -1.92. The standard InChI is InChI=1S/C44H78O6/c1-4-6-7-8-9-16-20-23-28-33-41-42(50-41)34-29-25-26-31-36-44(47)49-38-40(45)37-48-43(46)35-30-24-21-18-15-13-11-10-12-14-17-19-22-27-32-39(3)5-2/h9,16,23,25,28-29,39-42,45H,4-8,10-15,17-22,24,26-27,30-38H2,1-3H3/b16-9-,28-23-,29-25-/t39?,40-,41?,42?/m0/s1. The summed E-state index contributed by atoms with van der Waals surface area (Å²) in [4.78, 5) is 24.0. The first-order chi connectivity index (χ1) is 24.5. The number of allylic oxidation sites excluding steroid dienone is 4. The van der Waals surface area contributed by atoms with Crippen molar-refractivity contribution < 1.29 is 28.9 Å². The molecule has 0 aliphatic carbocycles. The van der Waals surface area contributed by atoms with Gasteiger partial charge < -0.3 is 19.3 Å². The number of epoxide rings is 1. The van der Waals surface area contributed by atoms with Gasteiger partial charge in [-0.25, -0.2) is 0 Å². The van der Waals surface area contributed by atoms with Gasteiger partial charge in [-0.1, -0.05) is 166 Å². The van der Waals surface area contributed by atoms with Gasteiger partial charge in [0.25, 0.3) is 0 Å². The molecule has 1 N–H and O–H groups in total. The lowest BCUT2D eigenvalue weighted by Crippen LogP contribution is -2.25. The summed E-state index contributed by atoms with van der Waals surface area (Å²) in [5.74, 6) is 0.267. The van der Waals surface area contributed by atoms with Gasteiger partial charge in [0.15, 0.2) is 0 Å². The average molecular weight is 703 g/mol. The highest BCUT2D eigenvalue weighted by atomic mass is 16.6. The molecule has 1 heterocycles. The largest absolute Gasteiger partial charge is 0.463 e. The fourth-order valence-corrected chi connectivity index (χ4v) is 6.10. The van der Waals surface area contributed by atoms with Gasteiger partial charge in [0.1, 0.15) is 19.3 Å². The quantitative estimate of drug-likeness (QED) is 0.0303. The first-order valence-electron chi connectivity index (χ1n) is 21.1. The highest BCUT2D eigenvalue weighted by Crippen LogP contribution is 2.29. The predicted molar refractivity (Wildman–Crippen MR) is 209 cm³/mol. The third-order valence-electron chi connectivity index (χ3n) is 9.82. The fourth-order valence-electron chi connectivity index (χ4n) is 6.10. The molecule has 1 aliphatic rings. The molecule has 0 bridgehead atoms. The average Bonchev–Trinajstić information content (AvgIpc) is 3.87. The van der Waals surface area contributed by atoms with Crippen molar-refractivity contribution >= 4 is 11.9 Å². The molecule has 3 unspecified atom stereocenters. The van der Waals surface area contributed by atoms with Crippen LogP contribution in [0, 0.1) is 5.92 Å². The summed E-state index contributed by atoms with van der Waals surface area (Å²) >= 11 is 0. The smallest absolute Gasteiger partial charge is 0.305 e. The molecule has 50 heavy (non-hydrogen) atoms. The monoisotopic (exact) mass is 703 g/mol. The Bertz CT molecular complexity index is 880. The maximum Gasteiger partial charge on any atom is 0.305 e. The molecule has 1 fully saturated rings. The molecule has 0 radical (unpaired) electrons. The minimum Gasteiger partial charge on any atom is -0.463 e. The maximum absolute atomic E-state index is 12.0. The highest BCUT2D eigenvalue weighted by Gasteiger charge is 2.35. The van der Waals surface area contributed by atoms with Crippen LogP contribution in [0.2, 0.25) is 0 Å². The number of aliphatic hydroxyl groups excluding tert-OH is 1. The van der Waals surface area contributed by atoms with Crippen molar-refractivity contribution in [3.8, 4) is 0 Å². The Morgan fingerprint density at radius 2 is 1.06 bits per heavy atom. The normalized spacial score (nSPS) is 17.2. The molecule has 1 aliphatic heterocycles. The van der Waals surface area contributed by atoms with Gasteiger partial charge in [0.2, 0.25) is 0 Å². The van der Waals surface area contributed by atoms with Crippen LogP contribution < -0.4 is 0 Å². The molecule has 290 valence electrons. The number of carbonyl (C=O) groups excluding carboxylic acids is 2. The third-order valence-corrected chi connectivity index (χ3v) is 9.82. The molecule has 0 aromatic carbocycles. The zero-order valence-electron chi connectivity index (χ0n) is 32.8. The van der Waals surface area contributed by atoms with E-state index >= 15 is 0 Å². The number of rotatable bonds is 36. The number of esters is 2. The first-order valence-corrected chi connectivity index (χ1v) is 21.1. The van der Waals surface area contributed by atoms with Crippen molar-refractivity contribution in [3.63, 3.8) is 0 Å². The number of unbranched alkanes of at least 4 members (excludes halogenated alkanes) is 17. The van der Waals surface area contributed by atoms with E-state index in [2.05, 4.69) is 57.2 Å². The van der Waals surface area contributed by atoms with Crippen molar-refractivity contribution in [3.05, 3.63) is 36.5 Å². The second-order valence-electron chi connectivity index (χ2n) is 14.7. The Labute approximate surface area is 308 Å². The molecule has 1 saturated heterocycles. The molecular formula is C44H78O6. The minimum absolute atomic E-state index is 0.136. The Morgan fingerprint density at radius 1 is 0.600 bits per heavy atom. The predicted octanol–water partition coefficient (Wildman–Crippen LogP) is 12.1. The molecule has 4 atom stereocenters. The van der Waals surface area contributed by atoms with E-state index in [1.807, 2.05) is 0 Å². The molecule has 0 aromatic rings. The van der Waals surface area contributed by atoms with Crippen LogP contribution in [-0.4, -0.2) is 48.6 Å². The minimum atomic E-state index is -0.990. The lowest BCUT2D eigenvalue weighted by atomic mass is 9.99. The van der Waals surface area contributed by atoms with Gasteiger partial charge in [-0.05, 0) is 57.3 Å². The van der Waals surface area contributed by atoms with E-state index in [1.165, 1.54) is 109 Å². The zero-order chi connectivity index (χ0) is 36.3. The van der Waals surface area contributed by atoms with E-state index in [0.717, 1.165) is 50.9 Å². The van der Waals surface area contributed by atoms with Crippen molar-refractivity contribution in [2.75, 3.05) is 13.2 Å². The van der Waals surface area contributed by atoms with Crippen molar-refractivity contribution in [1.29, 1.82) is 0 Å². The molecule has 6 nitrogen and oxygen atoms in total. The topological polar surface area (TPSA) is 85.4 Å². The van der Waals surface area contributed by atoms with Crippen LogP contribution in [0.25, 0.3) is 0 Å². The Kier molecular flexibility index (Phi) is 31.5. The van der Waals surface area contributed by atoms with E-state index in [9.17, 15) is 14.7 Å². The van der Waals surface area contributed by atoms with Gasteiger partial charge in [-0.15, -0.1) is 0 Å². The summed E-state index contributed by atoms with van der Waals surface area (Å²) in [5, 5.41) is 10.0. The SMILES string of the molecule is CCCCC/C=C\C/C=C\CC1OC1C/C=C\CCCC(=O)OC[C@@H](O)COC(=O)CCCCCCCCCCCCCCCCC(C)CC. The second-order valence-corrected chi connectivity index (χ2v) is 14.7. The van der Waals surface area contributed by atoms with Crippen LogP contribution in [-0.2, 0) is 23.8 Å². The van der Waals surface area contributed by atoms with Crippen LogP contribution in [0.3, 0.4) is 0 Å². The molecule has 0 spiro atoms. The molecule has 1 rings (SSSR count).